The van der Waals surface area contributed by atoms with Crippen molar-refractivity contribution in [1.29, 1.82) is 0 Å². The van der Waals surface area contributed by atoms with Crippen LogP contribution in [0.15, 0.2) is 36.7 Å². The number of hydrogen-bond donors (Lipinski definition) is 5. The van der Waals surface area contributed by atoms with Crippen molar-refractivity contribution in [2.24, 2.45) is 0 Å². The first kappa shape index (κ1) is 28.1. The van der Waals surface area contributed by atoms with Crippen molar-refractivity contribution in [3.63, 3.8) is 0 Å². The number of aliphatic hydroxyl groups is 1. The summed E-state index contributed by atoms with van der Waals surface area (Å²) in [7, 11) is 0. The summed E-state index contributed by atoms with van der Waals surface area (Å²) in [5, 5.41) is 41.1. The van der Waals surface area contributed by atoms with E-state index in [1.807, 2.05) is 30.3 Å². The van der Waals surface area contributed by atoms with Crippen molar-refractivity contribution in [2.45, 2.75) is 49.6 Å². The minimum absolute atomic E-state index is 0.0684. The Morgan fingerprint density at radius 1 is 1.15 bits per heavy atom. The highest BCUT2D eigenvalue weighted by Gasteiger charge is 2.52. The van der Waals surface area contributed by atoms with Gasteiger partial charge in [0.2, 0.25) is 5.28 Å². The SMILES string of the molecule is O=C(O)CCC(OC[C@H]1O[C@@H](n2cnc3c(NCc4ccccc4)nc(Cl)nc32)[C@@H](F)[C@@H]1O)(C(=O)O)C(=O)O. The van der Waals surface area contributed by atoms with Gasteiger partial charge in [0.05, 0.1) is 12.9 Å². The highest BCUT2D eigenvalue weighted by atomic mass is 35.5. The van der Waals surface area contributed by atoms with E-state index >= 15 is 4.39 Å². The van der Waals surface area contributed by atoms with Crippen LogP contribution in [0.5, 0.6) is 0 Å². The third kappa shape index (κ3) is 5.75. The lowest BCUT2D eigenvalue weighted by Gasteiger charge is -2.26. The molecule has 14 nitrogen and oxygen atoms in total. The summed E-state index contributed by atoms with van der Waals surface area (Å²) in [5.41, 5.74) is -1.72. The average Bonchev–Trinajstić information content (AvgIpc) is 3.43. The maximum Gasteiger partial charge on any atom is 0.347 e. The molecule has 2 aromatic heterocycles. The molecule has 1 saturated heterocycles. The molecule has 0 saturated carbocycles. The molecule has 3 heterocycles. The number of anilines is 1. The zero-order valence-electron chi connectivity index (χ0n) is 20.0. The molecule has 0 unspecified atom stereocenters. The standard InChI is InChI=1S/C23H23ClFN5O9/c24-22-28-17(26-8-11-4-2-1-3-5-11)15-18(29-22)30(10-27-15)19-14(25)16(33)12(39-19)9-38-23(20(34)35,21(36)37)7-6-13(31)32/h1-5,10,12,14,16,19,33H,6-9H2,(H,31,32)(H,34,35)(H,36,37)(H,26,28,29)/t12-,14+,16-,19-/m1/s1. The van der Waals surface area contributed by atoms with Gasteiger partial charge in [-0.05, 0) is 17.2 Å². The number of carboxylic acid groups (broad SMARTS) is 3. The fraction of sp³-hybridized carbons (Fsp3) is 0.391. The van der Waals surface area contributed by atoms with E-state index in [-0.39, 0.29) is 22.3 Å². The number of aliphatic hydroxyl groups excluding tert-OH is 1. The smallest absolute Gasteiger partial charge is 0.347 e. The first-order valence-electron chi connectivity index (χ1n) is 11.5. The number of benzene rings is 1. The summed E-state index contributed by atoms with van der Waals surface area (Å²) >= 11 is 6.09. The first-order chi connectivity index (χ1) is 18.5. The molecule has 16 heteroatoms. The van der Waals surface area contributed by atoms with E-state index in [1.165, 1.54) is 6.33 Å². The molecule has 1 aliphatic rings. The molecule has 1 aliphatic heterocycles. The molecule has 0 bridgehead atoms. The summed E-state index contributed by atoms with van der Waals surface area (Å²) in [6.45, 7) is -0.501. The number of nitrogens with zero attached hydrogens (tertiary/aromatic N) is 4. The van der Waals surface area contributed by atoms with Crippen LogP contribution in [-0.4, -0.2) is 88.4 Å². The van der Waals surface area contributed by atoms with Crippen LogP contribution in [0.2, 0.25) is 5.28 Å². The second kappa shape index (κ2) is 11.4. The van der Waals surface area contributed by atoms with Gasteiger partial charge >= 0.3 is 17.9 Å². The number of aliphatic carboxylic acids is 3. The van der Waals surface area contributed by atoms with Gasteiger partial charge < -0.3 is 35.2 Å². The Bertz CT molecular complexity index is 1360. The van der Waals surface area contributed by atoms with Crippen LogP contribution in [0, 0.1) is 0 Å². The van der Waals surface area contributed by atoms with Crippen molar-refractivity contribution in [3.05, 3.63) is 47.5 Å². The first-order valence-corrected chi connectivity index (χ1v) is 11.9. The van der Waals surface area contributed by atoms with Crippen LogP contribution in [-0.2, 0) is 30.4 Å². The van der Waals surface area contributed by atoms with E-state index in [1.54, 1.807) is 0 Å². The lowest BCUT2D eigenvalue weighted by molar-refractivity contribution is -0.191. The molecule has 5 N–H and O–H groups in total. The molecule has 208 valence electrons. The van der Waals surface area contributed by atoms with Gasteiger partial charge in [-0.15, -0.1) is 0 Å². The van der Waals surface area contributed by atoms with E-state index in [0.717, 1.165) is 10.1 Å². The van der Waals surface area contributed by atoms with Gasteiger partial charge in [-0.25, -0.2) is 19.0 Å². The molecule has 1 fully saturated rings. The minimum Gasteiger partial charge on any atom is -0.481 e. The van der Waals surface area contributed by atoms with Gasteiger partial charge in [0.25, 0.3) is 5.60 Å². The third-order valence-corrected chi connectivity index (χ3v) is 6.31. The molecule has 4 atom stereocenters. The number of carbonyl (C=O) groups is 3. The van der Waals surface area contributed by atoms with E-state index in [2.05, 4.69) is 20.3 Å². The molecule has 1 aromatic carbocycles. The Kier molecular flexibility index (Phi) is 8.25. The number of hydrogen-bond acceptors (Lipinski definition) is 10. The van der Waals surface area contributed by atoms with Crippen molar-refractivity contribution in [1.82, 2.24) is 19.5 Å². The van der Waals surface area contributed by atoms with Gasteiger partial charge in [-0.2, -0.15) is 9.97 Å². The zero-order chi connectivity index (χ0) is 28.3. The Morgan fingerprint density at radius 3 is 2.49 bits per heavy atom. The average molecular weight is 568 g/mol. The molecule has 3 aromatic rings. The zero-order valence-corrected chi connectivity index (χ0v) is 20.7. The Labute approximate surface area is 224 Å². The molecule has 0 radical (unpaired) electrons. The topological polar surface area (TPSA) is 206 Å². The molecular weight excluding hydrogens is 545 g/mol. The summed E-state index contributed by atoms with van der Waals surface area (Å²) < 4.78 is 27.0. The Hall–Kier alpha value is -3.92. The molecular formula is C23H23ClFN5O9. The van der Waals surface area contributed by atoms with Gasteiger partial charge in [-0.3, -0.25) is 9.36 Å². The van der Waals surface area contributed by atoms with Crippen LogP contribution in [0.25, 0.3) is 11.2 Å². The largest absolute Gasteiger partial charge is 0.481 e. The van der Waals surface area contributed by atoms with Crippen LogP contribution in [0.4, 0.5) is 10.2 Å². The van der Waals surface area contributed by atoms with Gasteiger partial charge in [0, 0.05) is 19.4 Å². The summed E-state index contributed by atoms with van der Waals surface area (Å²) in [5.74, 6) is -5.11. The maximum absolute atomic E-state index is 15.2. The quantitative estimate of drug-likeness (QED) is 0.155. The number of aromatic nitrogens is 4. The predicted octanol–water partition coefficient (Wildman–Crippen LogP) is 1.48. The second-order valence-electron chi connectivity index (χ2n) is 8.65. The number of imidazole rings is 1. The number of carboxylic acids is 3. The number of nitrogens with one attached hydrogen (secondary N) is 1. The number of rotatable bonds is 12. The number of alkyl halides is 1. The number of halogens is 2. The lowest BCUT2D eigenvalue weighted by atomic mass is 9.97. The summed E-state index contributed by atoms with van der Waals surface area (Å²) in [4.78, 5) is 46.8. The van der Waals surface area contributed by atoms with Crippen LogP contribution in [0.3, 0.4) is 0 Å². The highest BCUT2D eigenvalue weighted by Crippen LogP contribution is 2.36. The summed E-state index contributed by atoms with van der Waals surface area (Å²) in [6.07, 6.45) is -7.54. The summed E-state index contributed by atoms with van der Waals surface area (Å²) in [6, 6.07) is 9.37. The molecule has 4 rings (SSSR count). The van der Waals surface area contributed by atoms with Crippen molar-refractivity contribution in [2.75, 3.05) is 11.9 Å². The van der Waals surface area contributed by atoms with E-state index < -0.39 is 67.6 Å². The Morgan fingerprint density at radius 2 is 1.85 bits per heavy atom. The fourth-order valence-corrected chi connectivity index (χ4v) is 4.22. The molecule has 0 spiro atoms. The normalized spacial score (nSPS) is 21.2. The predicted molar refractivity (Wildman–Crippen MR) is 130 cm³/mol. The van der Waals surface area contributed by atoms with Crippen molar-refractivity contribution >= 4 is 46.5 Å². The molecule has 0 amide bonds. The van der Waals surface area contributed by atoms with Gasteiger partial charge in [-0.1, -0.05) is 30.3 Å². The number of ether oxygens (including phenoxy) is 2. The lowest BCUT2D eigenvalue weighted by Crippen LogP contribution is -2.51. The van der Waals surface area contributed by atoms with E-state index in [9.17, 15) is 29.7 Å². The van der Waals surface area contributed by atoms with Crippen LogP contribution >= 0.6 is 11.6 Å². The van der Waals surface area contributed by atoms with Gasteiger partial charge in [0.1, 0.15) is 12.2 Å². The molecule has 39 heavy (non-hydrogen) atoms. The van der Waals surface area contributed by atoms with Crippen LogP contribution in [0.1, 0.15) is 24.6 Å². The Balaban J connectivity index is 1.54. The van der Waals surface area contributed by atoms with E-state index in [0.29, 0.717) is 6.54 Å². The maximum atomic E-state index is 15.2. The highest BCUT2D eigenvalue weighted by molar-refractivity contribution is 6.28. The van der Waals surface area contributed by atoms with Gasteiger partial charge in [0.15, 0.2) is 29.4 Å². The monoisotopic (exact) mass is 567 g/mol. The second-order valence-corrected chi connectivity index (χ2v) is 8.98. The van der Waals surface area contributed by atoms with E-state index in [4.69, 9.17) is 26.2 Å². The minimum atomic E-state index is -2.95. The fourth-order valence-electron chi connectivity index (χ4n) is 4.05. The molecule has 0 aliphatic carbocycles. The van der Waals surface area contributed by atoms with Crippen molar-refractivity contribution in [3.8, 4) is 0 Å². The van der Waals surface area contributed by atoms with Crippen LogP contribution < -0.4 is 5.32 Å². The van der Waals surface area contributed by atoms with Crippen molar-refractivity contribution < 1.29 is 48.7 Å². The third-order valence-electron chi connectivity index (χ3n) is 6.14. The number of fused-ring (bicyclic) bond motifs is 1.